The number of fused-ring (bicyclic) bond motifs is 1. The van der Waals surface area contributed by atoms with Crippen molar-refractivity contribution in [1.29, 1.82) is 0 Å². The maximum absolute atomic E-state index is 13.1. The fourth-order valence-electron chi connectivity index (χ4n) is 3.86. The van der Waals surface area contributed by atoms with Crippen molar-refractivity contribution in [1.82, 2.24) is 15.1 Å². The highest BCUT2D eigenvalue weighted by Crippen LogP contribution is 2.28. The monoisotopic (exact) mass is 434 g/mol. The average molecular weight is 434 g/mol. The van der Waals surface area contributed by atoms with Gasteiger partial charge in [0.15, 0.2) is 0 Å². The largest absolute Gasteiger partial charge is 0.465 e. The first-order valence-corrected chi connectivity index (χ1v) is 9.98. The molecule has 2 unspecified atom stereocenters. The molecular formula is C23H22N4O5. The Morgan fingerprint density at radius 2 is 1.75 bits per heavy atom. The highest BCUT2D eigenvalue weighted by molar-refractivity contribution is 6.09. The van der Waals surface area contributed by atoms with Gasteiger partial charge < -0.3 is 20.3 Å². The minimum Gasteiger partial charge on any atom is -0.465 e. The van der Waals surface area contributed by atoms with Gasteiger partial charge in [-0.15, -0.1) is 0 Å². The number of rotatable bonds is 5. The first-order chi connectivity index (χ1) is 15.4. The van der Waals surface area contributed by atoms with Crippen LogP contribution in [0.15, 0.2) is 66.4 Å². The van der Waals surface area contributed by atoms with Crippen molar-refractivity contribution in [2.24, 2.45) is 0 Å². The Hall–Kier alpha value is -4.14. The van der Waals surface area contributed by atoms with Crippen molar-refractivity contribution in [3.63, 3.8) is 0 Å². The standard InChI is InChI=1S/C23H22N4O5/c1-26-13-17(20(28)24-16-10-8-15(9-11-16)22(30)32-2)18-19(26)21(29)27(23(31)25-18)12-14-6-4-3-5-7-14/h3-11,13,18-19H,12H2,1-2H3,(H,24,28)(H,25,31). The van der Waals surface area contributed by atoms with Gasteiger partial charge in [0, 0.05) is 18.9 Å². The molecule has 2 heterocycles. The van der Waals surface area contributed by atoms with Gasteiger partial charge in [-0.2, -0.15) is 0 Å². The summed E-state index contributed by atoms with van der Waals surface area (Å²) >= 11 is 0. The molecule has 1 fully saturated rings. The summed E-state index contributed by atoms with van der Waals surface area (Å²) in [5.41, 5.74) is 1.93. The molecule has 4 amide bonds. The highest BCUT2D eigenvalue weighted by atomic mass is 16.5. The van der Waals surface area contributed by atoms with Crippen molar-refractivity contribution < 1.29 is 23.9 Å². The lowest BCUT2D eigenvalue weighted by molar-refractivity contribution is -0.134. The molecule has 2 N–H and O–H groups in total. The number of likely N-dealkylation sites (N-methyl/N-ethyl adjacent to an activating group) is 1. The molecule has 2 aliphatic rings. The lowest BCUT2D eigenvalue weighted by Crippen LogP contribution is -2.64. The Morgan fingerprint density at radius 1 is 1.06 bits per heavy atom. The van der Waals surface area contributed by atoms with Gasteiger partial charge in [-0.1, -0.05) is 30.3 Å². The fourth-order valence-corrected chi connectivity index (χ4v) is 3.86. The number of hydrogen-bond donors (Lipinski definition) is 2. The fraction of sp³-hybridized carbons (Fsp3) is 0.217. The Kier molecular flexibility index (Phi) is 5.63. The van der Waals surface area contributed by atoms with Gasteiger partial charge >= 0.3 is 12.0 Å². The predicted molar refractivity (Wildman–Crippen MR) is 115 cm³/mol. The lowest BCUT2D eigenvalue weighted by Gasteiger charge is -2.37. The zero-order valence-corrected chi connectivity index (χ0v) is 17.6. The van der Waals surface area contributed by atoms with E-state index in [0.29, 0.717) is 11.3 Å². The van der Waals surface area contributed by atoms with Gasteiger partial charge in [0.25, 0.3) is 11.8 Å². The van der Waals surface area contributed by atoms with Crippen LogP contribution in [0.1, 0.15) is 15.9 Å². The number of ether oxygens (including phenoxy) is 1. The number of imide groups is 1. The number of esters is 1. The van der Waals surface area contributed by atoms with Crippen molar-refractivity contribution in [3.05, 3.63) is 77.5 Å². The number of nitrogens with zero attached hydrogens (tertiary/aromatic N) is 2. The van der Waals surface area contributed by atoms with E-state index in [9.17, 15) is 19.2 Å². The van der Waals surface area contributed by atoms with Crippen LogP contribution in [0.5, 0.6) is 0 Å². The van der Waals surface area contributed by atoms with E-state index in [4.69, 9.17) is 0 Å². The van der Waals surface area contributed by atoms with Crippen LogP contribution in [0.25, 0.3) is 0 Å². The maximum Gasteiger partial charge on any atom is 0.337 e. The Labute approximate surface area is 184 Å². The van der Waals surface area contributed by atoms with Crippen LogP contribution in [0.4, 0.5) is 10.5 Å². The Morgan fingerprint density at radius 3 is 2.41 bits per heavy atom. The third kappa shape index (κ3) is 3.92. The van der Waals surface area contributed by atoms with Crippen LogP contribution < -0.4 is 10.6 Å². The van der Waals surface area contributed by atoms with E-state index in [1.807, 2.05) is 30.3 Å². The summed E-state index contributed by atoms with van der Waals surface area (Å²) in [7, 11) is 2.98. The first kappa shape index (κ1) is 21.1. The SMILES string of the molecule is COC(=O)c1ccc(NC(=O)C2=CN(C)C3C(=O)N(Cc4ccccc4)C(=O)NC23)cc1. The molecule has 0 aromatic heterocycles. The molecule has 4 rings (SSSR count). The number of anilines is 1. The number of urea groups is 1. The third-order valence-corrected chi connectivity index (χ3v) is 5.49. The Bertz CT molecular complexity index is 1100. The molecule has 9 heteroatoms. The van der Waals surface area contributed by atoms with Crippen molar-refractivity contribution in [2.75, 3.05) is 19.5 Å². The molecule has 2 aliphatic heterocycles. The van der Waals surface area contributed by atoms with E-state index in [2.05, 4.69) is 15.4 Å². The topological polar surface area (TPSA) is 108 Å². The molecule has 0 radical (unpaired) electrons. The number of nitrogens with one attached hydrogen (secondary N) is 2. The normalized spacial score (nSPS) is 19.8. The second-order valence-electron chi connectivity index (χ2n) is 7.55. The van der Waals surface area contributed by atoms with Crippen LogP contribution >= 0.6 is 0 Å². The number of methoxy groups -OCH3 is 1. The third-order valence-electron chi connectivity index (χ3n) is 5.49. The molecule has 164 valence electrons. The summed E-state index contributed by atoms with van der Waals surface area (Å²) in [6, 6.07) is 13.4. The zero-order chi connectivity index (χ0) is 22.8. The van der Waals surface area contributed by atoms with Crippen molar-refractivity contribution >= 4 is 29.5 Å². The summed E-state index contributed by atoms with van der Waals surface area (Å²) in [5, 5.41) is 5.53. The van der Waals surface area contributed by atoms with Gasteiger partial charge in [-0.05, 0) is 29.8 Å². The summed E-state index contributed by atoms with van der Waals surface area (Å²) < 4.78 is 4.66. The predicted octanol–water partition coefficient (Wildman–Crippen LogP) is 1.73. The quantitative estimate of drug-likeness (QED) is 0.694. The van der Waals surface area contributed by atoms with E-state index >= 15 is 0 Å². The smallest absolute Gasteiger partial charge is 0.337 e. The minimum absolute atomic E-state index is 0.149. The summed E-state index contributed by atoms with van der Waals surface area (Å²) in [6.07, 6.45) is 1.57. The van der Waals surface area contributed by atoms with Crippen LogP contribution in [-0.4, -0.2) is 59.9 Å². The summed E-state index contributed by atoms with van der Waals surface area (Å²) in [4.78, 5) is 53.0. The maximum atomic E-state index is 13.1. The number of carbonyl (C=O) groups is 4. The molecule has 2 aromatic rings. The second kappa shape index (κ2) is 8.54. The summed E-state index contributed by atoms with van der Waals surface area (Å²) in [6.45, 7) is 0.149. The van der Waals surface area contributed by atoms with Gasteiger partial charge in [0.1, 0.15) is 6.04 Å². The molecule has 9 nitrogen and oxygen atoms in total. The van der Waals surface area contributed by atoms with Crippen molar-refractivity contribution in [3.8, 4) is 0 Å². The summed E-state index contributed by atoms with van der Waals surface area (Å²) in [5.74, 6) is -1.29. The van der Waals surface area contributed by atoms with Gasteiger partial charge in [0.2, 0.25) is 0 Å². The van der Waals surface area contributed by atoms with E-state index in [-0.39, 0.29) is 18.0 Å². The van der Waals surface area contributed by atoms with Gasteiger partial charge in [0.05, 0.1) is 30.8 Å². The van der Waals surface area contributed by atoms with E-state index in [1.54, 1.807) is 30.3 Å². The molecule has 2 atom stereocenters. The molecule has 0 aliphatic carbocycles. The van der Waals surface area contributed by atoms with E-state index in [1.165, 1.54) is 19.2 Å². The molecule has 0 bridgehead atoms. The van der Waals surface area contributed by atoms with Crippen LogP contribution in [-0.2, 0) is 20.9 Å². The number of benzene rings is 2. The minimum atomic E-state index is -0.763. The molecule has 0 spiro atoms. The van der Waals surface area contributed by atoms with E-state index in [0.717, 1.165) is 10.5 Å². The molecule has 1 saturated heterocycles. The molecule has 2 aromatic carbocycles. The van der Waals surface area contributed by atoms with Gasteiger partial charge in [-0.3, -0.25) is 14.5 Å². The van der Waals surface area contributed by atoms with Crippen LogP contribution in [0.3, 0.4) is 0 Å². The zero-order valence-electron chi connectivity index (χ0n) is 17.6. The highest BCUT2D eigenvalue weighted by Gasteiger charge is 2.49. The number of carbonyl (C=O) groups excluding carboxylic acids is 4. The molecule has 0 saturated carbocycles. The lowest BCUT2D eigenvalue weighted by atomic mass is 9.99. The number of hydrogen-bond acceptors (Lipinski definition) is 6. The van der Waals surface area contributed by atoms with E-state index < -0.39 is 30.0 Å². The molecule has 32 heavy (non-hydrogen) atoms. The van der Waals surface area contributed by atoms with Crippen LogP contribution in [0, 0.1) is 0 Å². The Balaban J connectivity index is 1.48. The first-order valence-electron chi connectivity index (χ1n) is 9.98. The second-order valence-corrected chi connectivity index (χ2v) is 7.55. The van der Waals surface area contributed by atoms with Crippen LogP contribution in [0.2, 0.25) is 0 Å². The average Bonchev–Trinajstić information content (AvgIpc) is 3.13. The molecular weight excluding hydrogens is 412 g/mol. The number of amides is 4. The van der Waals surface area contributed by atoms with Gasteiger partial charge in [-0.25, -0.2) is 9.59 Å². The van der Waals surface area contributed by atoms with Crippen molar-refractivity contribution in [2.45, 2.75) is 18.6 Å².